The molecule has 0 atom stereocenters. The zero-order valence-electron chi connectivity index (χ0n) is 11.5. The lowest BCUT2D eigenvalue weighted by Crippen LogP contribution is -2.40. The fraction of sp³-hybridized carbons (Fsp3) is 0.385. The van der Waals surface area contributed by atoms with E-state index in [0.717, 1.165) is 21.6 Å². The highest BCUT2D eigenvalue weighted by atomic mass is 32.1. The van der Waals surface area contributed by atoms with E-state index in [1.165, 1.54) is 11.3 Å². The number of nitrogens with one attached hydrogen (secondary N) is 1. The normalized spacial score (nSPS) is 12.5. The molecule has 0 bridgehead atoms. The van der Waals surface area contributed by atoms with Gasteiger partial charge in [0.1, 0.15) is 5.01 Å². The molecule has 3 nitrogen and oxygen atoms in total. The number of carbonyl (C=O) groups excluding carboxylic acids is 1. The first-order valence-electron chi connectivity index (χ1n) is 6.02. The van der Waals surface area contributed by atoms with Gasteiger partial charge in [-0.25, -0.2) is 4.98 Å². The topological polar surface area (TPSA) is 42.0 Å². The van der Waals surface area contributed by atoms with Gasteiger partial charge in [-0.2, -0.15) is 13.2 Å². The minimum absolute atomic E-state index is 0.219. The first-order valence-corrected chi connectivity index (χ1v) is 7.71. The number of halogens is 3. The van der Waals surface area contributed by atoms with Crippen LogP contribution in [-0.2, 0) is 11.7 Å². The summed E-state index contributed by atoms with van der Waals surface area (Å²) >= 11 is 2.22. The predicted molar refractivity (Wildman–Crippen MR) is 76.7 cm³/mol. The summed E-state index contributed by atoms with van der Waals surface area (Å²) < 4.78 is 37.7. The molecule has 2 heterocycles. The van der Waals surface area contributed by atoms with Crippen molar-refractivity contribution in [2.24, 2.45) is 0 Å². The average molecular weight is 334 g/mol. The molecule has 1 N–H and O–H groups in total. The number of thiophene rings is 1. The molecule has 0 fully saturated rings. The summed E-state index contributed by atoms with van der Waals surface area (Å²) in [7, 11) is 0. The summed E-state index contributed by atoms with van der Waals surface area (Å²) in [6.45, 7) is 5.14. The van der Waals surface area contributed by atoms with Crippen LogP contribution in [0.1, 0.15) is 39.1 Å². The lowest BCUT2D eigenvalue weighted by molar-refractivity contribution is -0.140. The monoisotopic (exact) mass is 334 g/mol. The number of thiazole rings is 1. The fourth-order valence-electron chi connectivity index (χ4n) is 1.65. The predicted octanol–water partition coefficient (Wildman–Crippen LogP) is 4.20. The van der Waals surface area contributed by atoms with Crippen LogP contribution in [-0.4, -0.2) is 10.9 Å². The SMILES string of the molecule is Cc1ccc(C(=O)NC(C)(C)c2nc(C(F)(F)F)cs2)s1. The van der Waals surface area contributed by atoms with E-state index in [1.54, 1.807) is 19.9 Å². The number of alkyl halides is 3. The quantitative estimate of drug-likeness (QED) is 0.914. The average Bonchev–Trinajstić information content (AvgIpc) is 2.95. The van der Waals surface area contributed by atoms with E-state index >= 15 is 0 Å². The van der Waals surface area contributed by atoms with Gasteiger partial charge in [0.2, 0.25) is 0 Å². The second-order valence-corrected chi connectivity index (χ2v) is 7.17. The zero-order valence-corrected chi connectivity index (χ0v) is 13.2. The van der Waals surface area contributed by atoms with Crippen molar-refractivity contribution in [3.63, 3.8) is 0 Å². The lowest BCUT2D eigenvalue weighted by Gasteiger charge is -2.23. The minimum atomic E-state index is -4.47. The van der Waals surface area contributed by atoms with E-state index in [2.05, 4.69) is 10.3 Å². The Morgan fingerprint density at radius 2 is 1.95 bits per heavy atom. The highest BCUT2D eigenvalue weighted by Gasteiger charge is 2.36. The smallest absolute Gasteiger partial charge is 0.340 e. The second-order valence-electron chi connectivity index (χ2n) is 5.03. The van der Waals surface area contributed by atoms with Gasteiger partial charge >= 0.3 is 6.18 Å². The first kappa shape index (κ1) is 16.0. The van der Waals surface area contributed by atoms with Crippen molar-refractivity contribution in [1.29, 1.82) is 0 Å². The van der Waals surface area contributed by atoms with Crippen molar-refractivity contribution in [3.8, 4) is 0 Å². The van der Waals surface area contributed by atoms with Gasteiger partial charge in [-0.3, -0.25) is 4.79 Å². The molecule has 0 radical (unpaired) electrons. The largest absolute Gasteiger partial charge is 0.434 e. The summed E-state index contributed by atoms with van der Waals surface area (Å²) in [6.07, 6.45) is -4.47. The zero-order chi connectivity index (χ0) is 15.8. The second kappa shape index (κ2) is 5.42. The van der Waals surface area contributed by atoms with Crippen LogP contribution in [0.4, 0.5) is 13.2 Å². The maximum Gasteiger partial charge on any atom is 0.434 e. The van der Waals surface area contributed by atoms with Crippen LogP contribution in [0.3, 0.4) is 0 Å². The van der Waals surface area contributed by atoms with Gasteiger partial charge in [0.05, 0.1) is 10.4 Å². The van der Waals surface area contributed by atoms with Gasteiger partial charge in [-0.05, 0) is 32.9 Å². The molecule has 21 heavy (non-hydrogen) atoms. The Morgan fingerprint density at radius 3 is 2.43 bits per heavy atom. The number of rotatable bonds is 3. The molecule has 0 aliphatic carbocycles. The molecule has 1 amide bonds. The van der Waals surface area contributed by atoms with Crippen LogP contribution >= 0.6 is 22.7 Å². The molecule has 8 heteroatoms. The summed E-state index contributed by atoms with van der Waals surface area (Å²) in [4.78, 5) is 17.2. The number of hydrogen-bond donors (Lipinski definition) is 1. The summed E-state index contributed by atoms with van der Waals surface area (Å²) in [5.41, 5.74) is -1.90. The van der Waals surface area contributed by atoms with Gasteiger partial charge in [0.25, 0.3) is 5.91 Å². The third-order valence-electron chi connectivity index (χ3n) is 2.72. The third kappa shape index (κ3) is 3.62. The van der Waals surface area contributed by atoms with Crippen molar-refractivity contribution in [2.75, 3.05) is 0 Å². The van der Waals surface area contributed by atoms with E-state index < -0.39 is 17.4 Å². The molecule has 114 valence electrons. The molecule has 0 saturated carbocycles. The highest BCUT2D eigenvalue weighted by molar-refractivity contribution is 7.14. The van der Waals surface area contributed by atoms with Crippen LogP contribution in [0.2, 0.25) is 0 Å². The maximum atomic E-state index is 12.6. The Hall–Kier alpha value is -1.41. The molecule has 0 aliphatic heterocycles. The number of aryl methyl sites for hydroxylation is 1. The van der Waals surface area contributed by atoms with Crippen molar-refractivity contribution in [3.05, 3.63) is 38.0 Å². The molecule has 0 spiro atoms. The van der Waals surface area contributed by atoms with Crippen molar-refractivity contribution < 1.29 is 18.0 Å². The molecule has 0 aromatic carbocycles. The van der Waals surface area contributed by atoms with Gasteiger partial charge in [0, 0.05) is 10.3 Å². The van der Waals surface area contributed by atoms with Crippen molar-refractivity contribution in [1.82, 2.24) is 10.3 Å². The Labute approximate surface area is 127 Å². The van der Waals surface area contributed by atoms with E-state index in [4.69, 9.17) is 0 Å². The standard InChI is InChI=1S/C13H13F3N2OS2/c1-7-4-5-8(21-7)10(19)18-12(2,3)11-17-9(6-20-11)13(14,15)16/h4-6H,1-3H3,(H,18,19). The maximum absolute atomic E-state index is 12.6. The number of hydrogen-bond acceptors (Lipinski definition) is 4. The Morgan fingerprint density at radius 1 is 1.29 bits per heavy atom. The molecule has 2 aromatic rings. The molecule has 2 rings (SSSR count). The van der Waals surface area contributed by atoms with Crippen molar-refractivity contribution >= 4 is 28.6 Å². The van der Waals surface area contributed by atoms with Crippen LogP contribution in [0.5, 0.6) is 0 Å². The molecular weight excluding hydrogens is 321 g/mol. The van der Waals surface area contributed by atoms with E-state index in [0.29, 0.717) is 4.88 Å². The molecule has 0 aliphatic rings. The van der Waals surface area contributed by atoms with Gasteiger partial charge in [-0.15, -0.1) is 22.7 Å². The molecule has 0 saturated heterocycles. The Bertz CT molecular complexity index is 658. The number of carbonyl (C=O) groups is 1. The Balaban J connectivity index is 2.18. The number of amides is 1. The van der Waals surface area contributed by atoms with Crippen LogP contribution in [0.25, 0.3) is 0 Å². The fourth-order valence-corrected chi connectivity index (χ4v) is 3.32. The summed E-state index contributed by atoms with van der Waals surface area (Å²) in [6, 6.07) is 3.51. The third-order valence-corrected chi connectivity index (χ3v) is 4.88. The van der Waals surface area contributed by atoms with Crippen molar-refractivity contribution in [2.45, 2.75) is 32.5 Å². The summed E-state index contributed by atoms with van der Waals surface area (Å²) in [5, 5.41) is 3.89. The Kier molecular flexibility index (Phi) is 4.12. The van der Waals surface area contributed by atoms with E-state index in [9.17, 15) is 18.0 Å². The van der Waals surface area contributed by atoms with Crippen LogP contribution in [0, 0.1) is 6.92 Å². The van der Waals surface area contributed by atoms with Gasteiger partial charge < -0.3 is 5.32 Å². The van der Waals surface area contributed by atoms with Gasteiger partial charge in [-0.1, -0.05) is 0 Å². The molecule has 0 unspecified atom stereocenters. The highest BCUT2D eigenvalue weighted by Crippen LogP contribution is 2.33. The number of nitrogens with zero attached hydrogens (tertiary/aromatic N) is 1. The van der Waals surface area contributed by atoms with Crippen LogP contribution in [0.15, 0.2) is 17.5 Å². The number of aromatic nitrogens is 1. The van der Waals surface area contributed by atoms with E-state index in [1.807, 2.05) is 13.0 Å². The van der Waals surface area contributed by atoms with Crippen LogP contribution < -0.4 is 5.32 Å². The first-order chi connectivity index (χ1) is 9.59. The molecule has 2 aromatic heterocycles. The van der Waals surface area contributed by atoms with E-state index in [-0.39, 0.29) is 10.9 Å². The lowest BCUT2D eigenvalue weighted by atomic mass is 10.1. The van der Waals surface area contributed by atoms with Gasteiger partial charge in [0.15, 0.2) is 5.69 Å². The molecular formula is C13H13F3N2OS2. The summed E-state index contributed by atoms with van der Waals surface area (Å²) in [5.74, 6) is -0.318. The minimum Gasteiger partial charge on any atom is -0.340 e.